The van der Waals surface area contributed by atoms with Crippen LogP contribution < -0.4 is 16.2 Å². The molecule has 1 amide bonds. The maximum Gasteiger partial charge on any atom is 0.251 e. The number of carbonyl (C=O) groups is 1. The average Bonchev–Trinajstić information content (AvgIpc) is 3.17. The highest BCUT2D eigenvalue weighted by atomic mass is 16.2. The maximum atomic E-state index is 12.6. The molecular weight excluding hydrogens is 342 g/mol. The van der Waals surface area contributed by atoms with Gasteiger partial charge in [-0.05, 0) is 23.8 Å². The molecule has 0 fully saturated rings. The predicted molar refractivity (Wildman–Crippen MR) is 102 cm³/mol. The monoisotopic (exact) mass is 363 g/mol. The zero-order chi connectivity index (χ0) is 18.6. The van der Waals surface area contributed by atoms with Crippen LogP contribution in [-0.4, -0.2) is 33.8 Å². The third-order valence-electron chi connectivity index (χ3n) is 4.67. The van der Waals surface area contributed by atoms with Gasteiger partial charge in [-0.3, -0.25) is 9.59 Å². The molecule has 0 saturated carbocycles. The van der Waals surface area contributed by atoms with Gasteiger partial charge < -0.3 is 15.6 Å². The highest BCUT2D eigenvalue weighted by Gasteiger charge is 2.19. The number of aromatic amines is 1. The fourth-order valence-corrected chi connectivity index (χ4v) is 3.30. The van der Waals surface area contributed by atoms with Gasteiger partial charge >= 0.3 is 0 Å². The molecule has 0 atom stereocenters. The van der Waals surface area contributed by atoms with Crippen LogP contribution in [0.1, 0.15) is 27.3 Å². The first-order valence-corrected chi connectivity index (χ1v) is 9.05. The number of para-hydroxylation sites is 1. The average molecular weight is 363 g/mol. The maximum absolute atomic E-state index is 12.6. The summed E-state index contributed by atoms with van der Waals surface area (Å²) in [5.41, 5.74) is 3.85. The number of rotatable bonds is 5. The largest absolute Gasteiger partial charge is 0.352 e. The van der Waals surface area contributed by atoms with Crippen LogP contribution in [0, 0.1) is 0 Å². The summed E-state index contributed by atoms with van der Waals surface area (Å²) in [6.45, 7) is 1.86. The number of aromatic nitrogens is 3. The van der Waals surface area contributed by atoms with Gasteiger partial charge in [0.15, 0.2) is 0 Å². The molecule has 0 aliphatic carbocycles. The molecule has 7 heteroatoms. The molecule has 3 N–H and O–H groups in total. The molecule has 0 bridgehead atoms. The van der Waals surface area contributed by atoms with E-state index in [-0.39, 0.29) is 11.5 Å². The Morgan fingerprint density at radius 3 is 2.93 bits per heavy atom. The van der Waals surface area contributed by atoms with Crippen molar-refractivity contribution in [1.29, 1.82) is 0 Å². The van der Waals surface area contributed by atoms with Crippen molar-refractivity contribution in [1.82, 2.24) is 25.4 Å². The molecule has 0 unspecified atom stereocenters. The first-order valence-electron chi connectivity index (χ1n) is 9.05. The van der Waals surface area contributed by atoms with Crippen molar-refractivity contribution in [3.8, 4) is 5.69 Å². The van der Waals surface area contributed by atoms with Crippen LogP contribution in [0.25, 0.3) is 5.69 Å². The Balaban J connectivity index is 1.40. The summed E-state index contributed by atoms with van der Waals surface area (Å²) in [6, 6.07) is 13.2. The van der Waals surface area contributed by atoms with Crippen molar-refractivity contribution < 1.29 is 4.79 Å². The Labute approximate surface area is 156 Å². The van der Waals surface area contributed by atoms with Gasteiger partial charge in [0.2, 0.25) is 5.56 Å². The van der Waals surface area contributed by atoms with Gasteiger partial charge in [0.05, 0.1) is 16.9 Å². The predicted octanol–water partition coefficient (Wildman–Crippen LogP) is 1.18. The highest BCUT2D eigenvalue weighted by molar-refractivity contribution is 5.95. The zero-order valence-corrected chi connectivity index (χ0v) is 14.9. The third-order valence-corrected chi connectivity index (χ3v) is 4.67. The molecule has 0 spiro atoms. The summed E-state index contributed by atoms with van der Waals surface area (Å²) in [5, 5.41) is 10.7. The lowest BCUT2D eigenvalue weighted by Crippen LogP contribution is -2.33. The van der Waals surface area contributed by atoms with E-state index in [2.05, 4.69) is 20.7 Å². The normalized spacial score (nSPS) is 13.2. The van der Waals surface area contributed by atoms with Crippen LogP contribution in [0.4, 0.5) is 0 Å². The van der Waals surface area contributed by atoms with Gasteiger partial charge in [-0.1, -0.05) is 18.2 Å². The molecule has 27 heavy (non-hydrogen) atoms. The van der Waals surface area contributed by atoms with Gasteiger partial charge in [-0.15, -0.1) is 0 Å². The van der Waals surface area contributed by atoms with E-state index >= 15 is 0 Å². The van der Waals surface area contributed by atoms with Gasteiger partial charge in [-0.25, -0.2) is 4.68 Å². The van der Waals surface area contributed by atoms with Crippen LogP contribution in [0.5, 0.6) is 0 Å². The third kappa shape index (κ3) is 3.83. The van der Waals surface area contributed by atoms with Crippen molar-refractivity contribution in [3.05, 3.63) is 81.5 Å². The van der Waals surface area contributed by atoms with E-state index in [4.69, 9.17) is 0 Å². The second-order valence-electron chi connectivity index (χ2n) is 6.52. The minimum absolute atomic E-state index is 0.219. The number of fused-ring (bicyclic) bond motifs is 1. The lowest BCUT2D eigenvalue weighted by Gasteiger charge is -2.19. The number of nitrogens with one attached hydrogen (secondary N) is 3. The topological polar surface area (TPSA) is 91.8 Å². The Kier molecular flexibility index (Phi) is 4.84. The number of hydrogen-bond acceptors (Lipinski definition) is 4. The van der Waals surface area contributed by atoms with Crippen LogP contribution in [-0.2, 0) is 19.4 Å². The van der Waals surface area contributed by atoms with E-state index in [0.29, 0.717) is 25.1 Å². The molecule has 1 aliphatic rings. The van der Waals surface area contributed by atoms with E-state index in [0.717, 1.165) is 35.6 Å². The number of carbonyl (C=O) groups excluding carboxylic acids is 1. The zero-order valence-electron chi connectivity index (χ0n) is 14.9. The smallest absolute Gasteiger partial charge is 0.251 e. The van der Waals surface area contributed by atoms with Gasteiger partial charge in [0.25, 0.3) is 5.91 Å². The summed E-state index contributed by atoms with van der Waals surface area (Å²) in [5.74, 6) is -0.219. The Hall–Kier alpha value is -3.19. The van der Waals surface area contributed by atoms with Gasteiger partial charge in [0, 0.05) is 50.4 Å². The molecule has 0 saturated heterocycles. The first kappa shape index (κ1) is 17.2. The van der Waals surface area contributed by atoms with Crippen LogP contribution in [0.15, 0.2) is 53.5 Å². The minimum atomic E-state index is -0.234. The Morgan fingerprint density at radius 1 is 1.22 bits per heavy atom. The van der Waals surface area contributed by atoms with E-state index in [1.807, 2.05) is 47.3 Å². The molecular formula is C20H21N5O2. The van der Waals surface area contributed by atoms with E-state index < -0.39 is 0 Å². The lowest BCUT2D eigenvalue weighted by molar-refractivity contribution is 0.0952. The number of hydrogen-bond donors (Lipinski definition) is 3. The van der Waals surface area contributed by atoms with Gasteiger partial charge in [-0.2, -0.15) is 5.10 Å². The quantitative estimate of drug-likeness (QED) is 0.635. The second kappa shape index (κ2) is 7.59. The highest BCUT2D eigenvalue weighted by Crippen LogP contribution is 2.14. The molecule has 1 aliphatic heterocycles. The molecule has 3 heterocycles. The van der Waals surface area contributed by atoms with Crippen molar-refractivity contribution in [2.75, 3.05) is 13.1 Å². The fraction of sp³-hybridized carbons (Fsp3) is 0.250. The summed E-state index contributed by atoms with van der Waals surface area (Å²) in [7, 11) is 0. The van der Waals surface area contributed by atoms with E-state index in [1.54, 1.807) is 0 Å². The summed E-state index contributed by atoms with van der Waals surface area (Å²) >= 11 is 0. The van der Waals surface area contributed by atoms with Crippen molar-refractivity contribution in [3.63, 3.8) is 0 Å². The lowest BCUT2D eigenvalue weighted by atomic mass is 10.0. The fourth-order valence-electron chi connectivity index (χ4n) is 3.30. The van der Waals surface area contributed by atoms with Crippen molar-refractivity contribution in [2.45, 2.75) is 19.4 Å². The number of H-pyrrole nitrogens is 1. The molecule has 1 aromatic carbocycles. The Morgan fingerprint density at radius 2 is 2.07 bits per heavy atom. The van der Waals surface area contributed by atoms with Crippen molar-refractivity contribution in [2.24, 2.45) is 0 Å². The number of pyridine rings is 1. The molecule has 2 aromatic heterocycles. The van der Waals surface area contributed by atoms with Crippen LogP contribution in [0.3, 0.4) is 0 Å². The molecule has 0 radical (unpaired) electrons. The second-order valence-corrected chi connectivity index (χ2v) is 6.52. The number of amides is 1. The number of benzene rings is 1. The molecule has 138 valence electrons. The molecule has 7 nitrogen and oxygen atoms in total. The molecule has 3 aromatic rings. The number of nitrogens with zero attached hydrogens (tertiary/aromatic N) is 2. The SMILES string of the molecule is O=C(NCCc1ccn(-c2ccccc2)n1)c1cc(=O)[nH]c2c1CNCC2. The minimum Gasteiger partial charge on any atom is -0.352 e. The standard InChI is InChI=1S/C20H21N5O2/c26-19-12-16(17-13-21-9-7-18(17)23-19)20(27)22-10-6-14-8-11-25(24-14)15-4-2-1-3-5-15/h1-5,8,11-12,21H,6-7,9-10,13H2,(H,22,27)(H,23,26). The van der Waals surface area contributed by atoms with Crippen LogP contribution >= 0.6 is 0 Å². The van der Waals surface area contributed by atoms with Gasteiger partial charge in [0.1, 0.15) is 0 Å². The summed E-state index contributed by atoms with van der Waals surface area (Å²) in [6.07, 6.45) is 3.25. The summed E-state index contributed by atoms with van der Waals surface area (Å²) < 4.78 is 1.82. The van der Waals surface area contributed by atoms with Crippen molar-refractivity contribution >= 4 is 5.91 Å². The van der Waals surface area contributed by atoms with Crippen LogP contribution in [0.2, 0.25) is 0 Å². The van der Waals surface area contributed by atoms with E-state index in [9.17, 15) is 9.59 Å². The molecule has 4 rings (SSSR count). The summed E-state index contributed by atoms with van der Waals surface area (Å²) in [4.78, 5) is 27.2. The first-order chi connectivity index (χ1) is 13.2. The Bertz CT molecular complexity index is 1010. The van der Waals surface area contributed by atoms with E-state index in [1.165, 1.54) is 6.07 Å².